The monoisotopic (exact) mass is 1390 g/mol. The average Bonchev–Trinajstić information content (AvgIpc) is 1.81. The van der Waals surface area contributed by atoms with Gasteiger partial charge in [0.25, 0.3) is 0 Å². The molecule has 36 heteroatoms. The third kappa shape index (κ3) is 25.5. The number of carbonyl (C=O) groups excluding carboxylic acids is 13. The average molecular weight is 1390 g/mol. The maximum Gasteiger partial charge on any atom is 0.326 e. The van der Waals surface area contributed by atoms with Crippen LogP contribution in [0.5, 0.6) is 0 Å². The van der Waals surface area contributed by atoms with E-state index >= 15 is 0 Å². The van der Waals surface area contributed by atoms with E-state index in [4.69, 9.17) is 28.7 Å². The fourth-order valence-corrected chi connectivity index (χ4v) is 11.4. The molecule has 12 atom stereocenters. The molecule has 544 valence electrons. The van der Waals surface area contributed by atoms with Crippen LogP contribution in [0.15, 0.2) is 55.4 Å². The number of imidazole rings is 2. The van der Waals surface area contributed by atoms with Crippen LogP contribution in [0.25, 0.3) is 0 Å². The molecule has 0 radical (unpaired) electrons. The van der Waals surface area contributed by atoms with Gasteiger partial charge in [0.15, 0.2) is 0 Å². The van der Waals surface area contributed by atoms with Gasteiger partial charge in [-0.25, -0.2) is 14.8 Å². The van der Waals surface area contributed by atoms with Crippen molar-refractivity contribution in [2.24, 2.45) is 34.6 Å². The number of hydrogen-bond donors (Lipinski definition) is 18. The number of aliphatic carboxylic acids is 1. The van der Waals surface area contributed by atoms with Crippen molar-refractivity contribution in [3.63, 3.8) is 0 Å². The standard InChI is InChI=1S/C63H96N20O16/c1-34(2)51(62(97)83-24-12-18-47(83)63(98)99)80-55(90)40(16-8-10-22-65)75-59(94)46-17-11-23-82(46)61(96)45(27-38-30-70-33-73-38)79-57(92)42(25-36-13-5-4-6-14-36)78-60(95)52(35(3)84)81-56(91)41(19-20-48(67)85)74-50(87)31-71-54(89)44(28-49(68)86)77-58(93)43(26-37-29-69-32-72-37)76-53(88)39(66)15-7-9-21-64/h4-6,13-14,29-30,32-35,39-47,51-52,84H,7-12,15-28,31,64-66H2,1-3H3,(H2,67,85)(H2,68,86)(H,69,72)(H,70,73)(H,71,89)(H,74,87)(H,75,94)(H,76,88)(H,77,93)(H,78,95)(H,79,92)(H,80,90)(H,81,91)(H,98,99)/t35-,39+,40+,41+,42+,43+,44+,45+,46+,47+,51+,52+/m1/s1. The van der Waals surface area contributed by atoms with E-state index in [0.717, 1.165) is 6.92 Å². The van der Waals surface area contributed by atoms with Gasteiger partial charge in [0.2, 0.25) is 76.8 Å². The number of nitrogens with two attached hydrogens (primary N) is 5. The lowest BCUT2D eigenvalue weighted by Gasteiger charge is -2.32. The number of aromatic amines is 2. The Morgan fingerprint density at radius 1 is 0.556 bits per heavy atom. The molecular weight excluding hydrogens is 1290 g/mol. The van der Waals surface area contributed by atoms with Crippen LogP contribution in [0.4, 0.5) is 0 Å². The number of benzene rings is 1. The van der Waals surface area contributed by atoms with E-state index in [9.17, 15) is 77.3 Å². The van der Waals surface area contributed by atoms with Gasteiger partial charge in [-0.15, -0.1) is 0 Å². The summed E-state index contributed by atoms with van der Waals surface area (Å²) in [5, 5.41) is 43.5. The Morgan fingerprint density at radius 2 is 1.07 bits per heavy atom. The number of aliphatic hydroxyl groups is 1. The summed E-state index contributed by atoms with van der Waals surface area (Å²) in [5.41, 5.74) is 29.5. The van der Waals surface area contributed by atoms with Crippen LogP contribution in [-0.4, -0.2) is 228 Å². The maximum absolute atomic E-state index is 15.0. The summed E-state index contributed by atoms with van der Waals surface area (Å²) in [7, 11) is 0. The van der Waals surface area contributed by atoms with Gasteiger partial charge in [0, 0.05) is 62.6 Å². The summed E-state index contributed by atoms with van der Waals surface area (Å²) >= 11 is 0. The van der Waals surface area contributed by atoms with Crippen LogP contribution in [0.3, 0.4) is 0 Å². The van der Waals surface area contributed by atoms with E-state index in [1.165, 1.54) is 34.8 Å². The van der Waals surface area contributed by atoms with Gasteiger partial charge in [-0.05, 0) is 95.7 Å². The van der Waals surface area contributed by atoms with E-state index in [1.807, 2.05) is 0 Å². The number of carboxylic acid groups (broad SMARTS) is 1. The minimum atomic E-state index is -1.90. The number of nitrogens with zero attached hydrogens (tertiary/aromatic N) is 4. The van der Waals surface area contributed by atoms with E-state index in [1.54, 1.807) is 44.2 Å². The normalized spacial score (nSPS) is 17.3. The number of carboxylic acids is 1. The lowest BCUT2D eigenvalue weighted by Crippen LogP contribution is -2.62. The van der Waals surface area contributed by atoms with E-state index in [0.29, 0.717) is 62.0 Å². The quantitative estimate of drug-likeness (QED) is 0.0235. The first kappa shape index (κ1) is 79.7. The molecule has 2 saturated heterocycles. The van der Waals surface area contributed by atoms with Crippen molar-refractivity contribution in [1.82, 2.24) is 77.6 Å². The van der Waals surface area contributed by atoms with Crippen LogP contribution >= 0.6 is 0 Å². The number of nitrogens with one attached hydrogen (secondary N) is 11. The molecule has 3 aromatic rings. The van der Waals surface area contributed by atoms with Gasteiger partial charge in [-0.1, -0.05) is 50.6 Å². The highest BCUT2D eigenvalue weighted by Crippen LogP contribution is 2.23. The Bertz CT molecular complexity index is 3230. The van der Waals surface area contributed by atoms with Crippen molar-refractivity contribution < 1.29 is 77.3 Å². The first-order chi connectivity index (χ1) is 47.1. The summed E-state index contributed by atoms with van der Waals surface area (Å²) in [6.07, 6.45) is 4.70. The van der Waals surface area contributed by atoms with Gasteiger partial charge >= 0.3 is 5.97 Å². The molecular formula is C63H96N20O16. The second-order valence-corrected chi connectivity index (χ2v) is 24.9. The number of likely N-dealkylation sites (tertiary alicyclic amines) is 2. The van der Waals surface area contributed by atoms with Crippen molar-refractivity contribution in [3.8, 4) is 0 Å². The highest BCUT2D eigenvalue weighted by molar-refractivity contribution is 6.00. The minimum absolute atomic E-state index is 0.0265. The molecule has 13 amide bonds. The number of H-pyrrole nitrogens is 2. The van der Waals surface area contributed by atoms with E-state index in [-0.39, 0.29) is 64.6 Å². The topological polar surface area (TPSA) is 582 Å². The summed E-state index contributed by atoms with van der Waals surface area (Å²) in [6.45, 7) is 4.42. The van der Waals surface area contributed by atoms with Crippen molar-refractivity contribution >= 4 is 82.8 Å². The molecule has 0 spiro atoms. The van der Waals surface area contributed by atoms with E-state index < -0.39 is 187 Å². The van der Waals surface area contributed by atoms with Crippen LogP contribution in [0.1, 0.15) is 121 Å². The number of aromatic nitrogens is 4. The molecule has 99 heavy (non-hydrogen) atoms. The Labute approximate surface area is 571 Å². The third-order valence-corrected chi connectivity index (χ3v) is 16.8. The number of hydrogen-bond acceptors (Lipinski definition) is 20. The molecule has 0 bridgehead atoms. The van der Waals surface area contributed by atoms with Gasteiger partial charge in [0.05, 0.1) is 37.8 Å². The number of aliphatic hydroxyl groups excluding tert-OH is 1. The predicted molar refractivity (Wildman–Crippen MR) is 353 cm³/mol. The zero-order valence-corrected chi connectivity index (χ0v) is 55.8. The Balaban J connectivity index is 1.31. The van der Waals surface area contributed by atoms with E-state index in [2.05, 4.69) is 67.8 Å². The SMILES string of the molecule is CC(C)[C@H](NC(=O)[C@H](CCCCN)NC(=O)[C@@H]1CCCN1C(=O)[C@H](Cc1cnc[nH]1)NC(=O)[C@H](Cc1ccccc1)NC(=O)[C@@H](NC(=O)[C@H](CCC(N)=O)NC(=O)CNC(=O)[C@H](CC(N)=O)NC(=O)[C@H](Cc1cnc[nH]1)NC(=O)[C@@H](N)CCCCN)[C@@H](C)O)C(=O)N1CCC[C@H]1C(=O)O. The molecule has 0 unspecified atom stereocenters. The maximum atomic E-state index is 15.0. The van der Waals surface area contributed by atoms with Crippen molar-refractivity contribution in [2.45, 2.75) is 196 Å². The first-order valence-electron chi connectivity index (χ1n) is 33.0. The summed E-state index contributed by atoms with van der Waals surface area (Å²) in [6, 6.07) is -7.11. The number of rotatable bonds is 42. The second kappa shape index (κ2) is 40.1. The van der Waals surface area contributed by atoms with Gasteiger partial charge in [-0.2, -0.15) is 0 Å². The van der Waals surface area contributed by atoms with Crippen LogP contribution in [-0.2, 0) is 86.4 Å². The molecule has 2 aromatic heterocycles. The predicted octanol–water partition coefficient (Wildman–Crippen LogP) is -6.02. The highest BCUT2D eigenvalue weighted by Gasteiger charge is 2.43. The lowest BCUT2D eigenvalue weighted by atomic mass is 10.0. The fraction of sp³-hybridized carbons (Fsp3) is 0.587. The van der Waals surface area contributed by atoms with Crippen LogP contribution in [0.2, 0.25) is 0 Å². The Morgan fingerprint density at radius 3 is 1.62 bits per heavy atom. The fourth-order valence-electron chi connectivity index (χ4n) is 11.4. The molecule has 5 rings (SSSR count). The van der Waals surface area contributed by atoms with Crippen molar-refractivity contribution in [1.29, 1.82) is 0 Å². The van der Waals surface area contributed by atoms with Crippen molar-refractivity contribution in [3.05, 3.63) is 72.3 Å². The molecule has 0 aliphatic carbocycles. The molecule has 2 fully saturated rings. The smallest absolute Gasteiger partial charge is 0.326 e. The lowest BCUT2D eigenvalue weighted by molar-refractivity contribution is -0.150. The largest absolute Gasteiger partial charge is 0.480 e. The molecule has 1 aromatic carbocycles. The number of unbranched alkanes of at least 4 members (excludes halogenated alkanes) is 2. The minimum Gasteiger partial charge on any atom is -0.480 e. The van der Waals surface area contributed by atoms with Gasteiger partial charge < -0.3 is 107 Å². The molecule has 4 heterocycles. The van der Waals surface area contributed by atoms with Gasteiger partial charge in [0.1, 0.15) is 60.4 Å². The summed E-state index contributed by atoms with van der Waals surface area (Å²) < 4.78 is 0. The number of carbonyl (C=O) groups is 14. The molecule has 2 aliphatic rings. The van der Waals surface area contributed by atoms with Crippen molar-refractivity contribution in [2.75, 3.05) is 32.7 Å². The highest BCUT2D eigenvalue weighted by atomic mass is 16.4. The van der Waals surface area contributed by atoms with Gasteiger partial charge in [-0.3, -0.25) is 62.3 Å². The second-order valence-electron chi connectivity index (χ2n) is 24.9. The van der Waals surface area contributed by atoms with Crippen LogP contribution < -0.4 is 76.5 Å². The summed E-state index contributed by atoms with van der Waals surface area (Å²) in [5.74, 6) is -13.5. The molecule has 23 N–H and O–H groups in total. The Hall–Kier alpha value is -9.94. The molecule has 2 aliphatic heterocycles. The zero-order chi connectivity index (χ0) is 72.9. The zero-order valence-electron chi connectivity index (χ0n) is 55.8. The molecule has 36 nitrogen and oxygen atoms in total. The third-order valence-electron chi connectivity index (χ3n) is 16.8. The first-order valence-corrected chi connectivity index (χ1v) is 33.0. The van der Waals surface area contributed by atoms with Crippen LogP contribution in [0, 0.1) is 5.92 Å². The Kier molecular flexibility index (Phi) is 32.3. The number of amides is 13. The molecule has 0 saturated carbocycles. The number of primary amides is 2. The summed E-state index contributed by atoms with van der Waals surface area (Å²) in [4.78, 5) is 207.